The smallest absolute Gasteiger partial charge is 0.269 e. The highest BCUT2D eigenvalue weighted by atomic mass is 32.2. The maximum Gasteiger partial charge on any atom is 0.269 e. The maximum absolute atomic E-state index is 13.1. The number of ether oxygens (including phenoxy) is 1. The van der Waals surface area contributed by atoms with Crippen molar-refractivity contribution in [2.75, 3.05) is 37.0 Å². The monoisotopic (exact) mass is 438 g/mol. The number of anilines is 1. The van der Waals surface area contributed by atoms with Gasteiger partial charge in [0.25, 0.3) is 5.91 Å². The molecule has 1 aliphatic rings. The molecule has 2 heterocycles. The Kier molecular flexibility index (Phi) is 6.77. The summed E-state index contributed by atoms with van der Waals surface area (Å²) >= 11 is 3.47. The predicted octanol–water partition coefficient (Wildman–Crippen LogP) is 5.53. The summed E-state index contributed by atoms with van der Waals surface area (Å²) in [4.78, 5) is 17.2. The van der Waals surface area contributed by atoms with Crippen LogP contribution < -0.4 is 10.1 Å². The molecule has 156 valence electrons. The Hall–Kier alpha value is -2.28. The van der Waals surface area contributed by atoms with Crippen LogP contribution in [-0.2, 0) is 6.54 Å². The second kappa shape index (κ2) is 9.69. The quantitative estimate of drug-likeness (QED) is 0.549. The van der Waals surface area contributed by atoms with Gasteiger partial charge in [0.2, 0.25) is 0 Å². The van der Waals surface area contributed by atoms with Gasteiger partial charge in [-0.05, 0) is 35.7 Å². The fourth-order valence-electron chi connectivity index (χ4n) is 3.60. The molecule has 30 heavy (non-hydrogen) atoms. The van der Waals surface area contributed by atoms with Crippen molar-refractivity contribution >= 4 is 34.7 Å². The Labute approximate surface area is 186 Å². The van der Waals surface area contributed by atoms with Gasteiger partial charge in [0.15, 0.2) is 0 Å². The van der Waals surface area contributed by atoms with Gasteiger partial charge in [-0.1, -0.05) is 42.5 Å². The molecule has 1 fully saturated rings. The van der Waals surface area contributed by atoms with Gasteiger partial charge in [0, 0.05) is 41.7 Å². The molecule has 1 amide bonds. The van der Waals surface area contributed by atoms with Crippen molar-refractivity contribution in [1.29, 1.82) is 0 Å². The minimum absolute atomic E-state index is 0.131. The molecule has 0 spiro atoms. The van der Waals surface area contributed by atoms with Crippen molar-refractivity contribution in [1.82, 2.24) is 4.90 Å². The molecule has 0 radical (unpaired) electrons. The van der Waals surface area contributed by atoms with E-state index in [4.69, 9.17) is 4.74 Å². The zero-order chi connectivity index (χ0) is 20.9. The van der Waals surface area contributed by atoms with Crippen LogP contribution in [0, 0.1) is 6.92 Å². The van der Waals surface area contributed by atoms with Crippen LogP contribution >= 0.6 is 23.1 Å². The van der Waals surface area contributed by atoms with E-state index < -0.39 is 0 Å². The molecule has 4 rings (SSSR count). The SMILES string of the molecule is COc1cc(-c2ccccc2)sc1C(=O)Nc1cccc(CN2CCSCC2)c1C. The van der Waals surface area contributed by atoms with Crippen LogP contribution in [0.1, 0.15) is 20.8 Å². The maximum atomic E-state index is 13.1. The lowest BCUT2D eigenvalue weighted by atomic mass is 10.1. The normalized spacial score (nSPS) is 14.5. The number of nitrogens with zero attached hydrogens (tertiary/aromatic N) is 1. The Morgan fingerprint density at radius 2 is 1.87 bits per heavy atom. The van der Waals surface area contributed by atoms with Crippen molar-refractivity contribution in [2.24, 2.45) is 0 Å². The van der Waals surface area contributed by atoms with Gasteiger partial charge in [-0.15, -0.1) is 11.3 Å². The average molecular weight is 439 g/mol. The average Bonchev–Trinajstić information content (AvgIpc) is 3.23. The summed E-state index contributed by atoms with van der Waals surface area (Å²) in [5.74, 6) is 2.86. The molecule has 0 unspecified atom stereocenters. The summed E-state index contributed by atoms with van der Waals surface area (Å²) < 4.78 is 5.50. The highest BCUT2D eigenvalue weighted by Crippen LogP contribution is 2.37. The molecular formula is C24H26N2O2S2. The van der Waals surface area contributed by atoms with Crippen molar-refractivity contribution < 1.29 is 9.53 Å². The Balaban J connectivity index is 1.54. The molecular weight excluding hydrogens is 412 g/mol. The van der Waals surface area contributed by atoms with Crippen molar-refractivity contribution in [3.63, 3.8) is 0 Å². The van der Waals surface area contributed by atoms with Crippen molar-refractivity contribution in [2.45, 2.75) is 13.5 Å². The predicted molar refractivity (Wildman–Crippen MR) is 128 cm³/mol. The van der Waals surface area contributed by atoms with E-state index >= 15 is 0 Å². The third-order valence-electron chi connectivity index (χ3n) is 5.37. The number of carbonyl (C=O) groups is 1. The van der Waals surface area contributed by atoms with E-state index in [2.05, 4.69) is 23.2 Å². The summed E-state index contributed by atoms with van der Waals surface area (Å²) in [5.41, 5.74) is 4.34. The lowest BCUT2D eigenvalue weighted by Crippen LogP contribution is -2.32. The molecule has 1 saturated heterocycles. The number of carbonyl (C=O) groups excluding carboxylic acids is 1. The summed E-state index contributed by atoms with van der Waals surface area (Å²) in [6.45, 7) is 5.26. The summed E-state index contributed by atoms with van der Waals surface area (Å²) in [7, 11) is 1.61. The first-order chi connectivity index (χ1) is 14.7. The number of hydrogen-bond donors (Lipinski definition) is 1. The highest BCUT2D eigenvalue weighted by molar-refractivity contribution is 7.99. The number of nitrogens with one attached hydrogen (secondary N) is 1. The van der Waals surface area contributed by atoms with Gasteiger partial charge in [-0.3, -0.25) is 9.69 Å². The zero-order valence-corrected chi connectivity index (χ0v) is 18.9. The zero-order valence-electron chi connectivity index (χ0n) is 17.3. The van der Waals surface area contributed by atoms with Crippen LogP contribution in [0.25, 0.3) is 10.4 Å². The minimum Gasteiger partial charge on any atom is -0.495 e. The Bertz CT molecular complexity index is 1010. The van der Waals surface area contributed by atoms with Crippen molar-refractivity contribution in [3.05, 3.63) is 70.6 Å². The molecule has 2 aromatic carbocycles. The lowest BCUT2D eigenvalue weighted by Gasteiger charge is -2.27. The number of thiophene rings is 1. The molecule has 1 aliphatic heterocycles. The van der Waals surface area contributed by atoms with Gasteiger partial charge >= 0.3 is 0 Å². The summed E-state index contributed by atoms with van der Waals surface area (Å²) in [6.07, 6.45) is 0. The van der Waals surface area contributed by atoms with E-state index in [-0.39, 0.29) is 5.91 Å². The standard InChI is InChI=1S/C24H26N2O2S2/c1-17-19(16-26-11-13-29-14-12-26)9-6-10-20(17)25-24(27)23-21(28-2)15-22(30-23)18-7-4-3-5-8-18/h3-10,15H,11-14,16H2,1-2H3,(H,25,27). The van der Waals surface area contributed by atoms with Gasteiger partial charge in [-0.25, -0.2) is 0 Å². The fraction of sp³-hybridized carbons (Fsp3) is 0.292. The van der Waals surface area contributed by atoms with Crippen LogP contribution in [0.2, 0.25) is 0 Å². The van der Waals surface area contributed by atoms with Gasteiger partial charge in [-0.2, -0.15) is 11.8 Å². The van der Waals surface area contributed by atoms with Crippen LogP contribution in [0.4, 0.5) is 5.69 Å². The molecule has 0 aliphatic carbocycles. The van der Waals surface area contributed by atoms with Gasteiger partial charge < -0.3 is 10.1 Å². The first kappa shape index (κ1) is 21.0. The van der Waals surface area contributed by atoms with E-state index in [0.29, 0.717) is 10.6 Å². The second-order valence-corrected chi connectivity index (χ2v) is 9.58. The van der Waals surface area contributed by atoms with Crippen molar-refractivity contribution in [3.8, 4) is 16.2 Å². The number of hydrogen-bond acceptors (Lipinski definition) is 5. The number of methoxy groups -OCH3 is 1. The van der Waals surface area contributed by atoms with E-state index in [9.17, 15) is 4.79 Å². The molecule has 6 heteroatoms. The van der Waals surface area contributed by atoms with Crippen LogP contribution in [0.15, 0.2) is 54.6 Å². The van der Waals surface area contributed by atoms with E-state index in [1.807, 2.05) is 60.3 Å². The van der Waals surface area contributed by atoms with Gasteiger partial charge in [0.05, 0.1) is 7.11 Å². The highest BCUT2D eigenvalue weighted by Gasteiger charge is 2.20. The molecule has 1 aromatic heterocycles. The molecule has 4 nitrogen and oxygen atoms in total. The van der Waals surface area contributed by atoms with E-state index in [1.165, 1.54) is 28.4 Å². The molecule has 3 aromatic rings. The first-order valence-electron chi connectivity index (χ1n) is 10.1. The third kappa shape index (κ3) is 4.72. The summed E-state index contributed by atoms with van der Waals surface area (Å²) in [6, 6.07) is 18.2. The topological polar surface area (TPSA) is 41.6 Å². The first-order valence-corrected chi connectivity index (χ1v) is 12.1. The van der Waals surface area contributed by atoms with Crippen LogP contribution in [0.5, 0.6) is 5.75 Å². The second-order valence-electron chi connectivity index (χ2n) is 7.31. The van der Waals surface area contributed by atoms with E-state index in [0.717, 1.165) is 41.3 Å². The fourth-order valence-corrected chi connectivity index (χ4v) is 5.60. The Morgan fingerprint density at radius 3 is 2.60 bits per heavy atom. The number of thioether (sulfide) groups is 1. The largest absolute Gasteiger partial charge is 0.495 e. The molecule has 0 atom stereocenters. The van der Waals surface area contributed by atoms with E-state index in [1.54, 1.807) is 7.11 Å². The minimum atomic E-state index is -0.131. The lowest BCUT2D eigenvalue weighted by molar-refractivity contribution is 0.102. The Morgan fingerprint density at radius 1 is 1.10 bits per heavy atom. The molecule has 0 bridgehead atoms. The number of rotatable bonds is 6. The van der Waals surface area contributed by atoms with Gasteiger partial charge in [0.1, 0.15) is 10.6 Å². The summed E-state index contributed by atoms with van der Waals surface area (Å²) in [5, 5.41) is 3.11. The number of amides is 1. The van der Waals surface area contributed by atoms with Crippen LogP contribution in [0.3, 0.4) is 0 Å². The molecule has 0 saturated carbocycles. The number of benzene rings is 2. The molecule has 1 N–H and O–H groups in total. The van der Waals surface area contributed by atoms with Crippen LogP contribution in [-0.4, -0.2) is 42.5 Å². The third-order valence-corrected chi connectivity index (χ3v) is 7.48.